The number of para-hydroxylation sites is 1. The van der Waals surface area contributed by atoms with Crippen molar-refractivity contribution < 1.29 is 13.2 Å². The van der Waals surface area contributed by atoms with Crippen molar-refractivity contribution >= 4 is 21.5 Å². The van der Waals surface area contributed by atoms with E-state index in [-0.39, 0.29) is 12.2 Å². The zero-order chi connectivity index (χ0) is 21.0. The molecule has 2 atom stereocenters. The molecule has 3 aromatic carbocycles. The van der Waals surface area contributed by atoms with Crippen molar-refractivity contribution in [3.63, 3.8) is 0 Å². The maximum atomic E-state index is 13.7. The molecule has 4 rings (SSSR count). The monoisotopic (exact) mass is 419 g/mol. The predicted octanol–water partition coefficient (Wildman–Crippen LogP) is 5.04. The standard InChI is InChI=1S/C25H25NO3S/c27-24(21-13-6-2-7-14-21)19-23(20-11-4-1-5-12-20)25-17-10-18-26(30(25,28)29)22-15-8-3-9-16-22/h1-9,11-16,23,25H,10,17-19H2/t23-,25+/m1/s1. The summed E-state index contributed by atoms with van der Waals surface area (Å²) in [4.78, 5) is 13.0. The van der Waals surface area contributed by atoms with Gasteiger partial charge in [-0.1, -0.05) is 78.9 Å². The van der Waals surface area contributed by atoms with Crippen LogP contribution >= 0.6 is 0 Å². The average Bonchev–Trinajstić information content (AvgIpc) is 2.79. The third kappa shape index (κ3) is 4.17. The molecule has 1 aliphatic rings. The molecule has 0 N–H and O–H groups in total. The van der Waals surface area contributed by atoms with E-state index in [9.17, 15) is 13.2 Å². The third-order valence-corrected chi connectivity index (χ3v) is 8.10. The Morgan fingerprint density at radius 3 is 2.07 bits per heavy atom. The quantitative estimate of drug-likeness (QED) is 0.526. The highest BCUT2D eigenvalue weighted by molar-refractivity contribution is 7.93. The normalized spacial score (nSPS) is 19.2. The van der Waals surface area contributed by atoms with Crippen molar-refractivity contribution in [3.8, 4) is 0 Å². The second kappa shape index (κ2) is 8.84. The Kier molecular flexibility index (Phi) is 6.00. The zero-order valence-corrected chi connectivity index (χ0v) is 17.5. The van der Waals surface area contributed by atoms with Gasteiger partial charge in [0.05, 0.1) is 10.9 Å². The Hall–Kier alpha value is -2.92. The fourth-order valence-corrected chi connectivity index (χ4v) is 6.52. The fourth-order valence-electron chi connectivity index (χ4n) is 4.26. The van der Waals surface area contributed by atoms with Gasteiger partial charge in [-0.3, -0.25) is 9.10 Å². The van der Waals surface area contributed by atoms with Gasteiger partial charge in [-0.25, -0.2) is 8.42 Å². The molecule has 4 nitrogen and oxygen atoms in total. The summed E-state index contributed by atoms with van der Waals surface area (Å²) in [5.41, 5.74) is 2.19. The highest BCUT2D eigenvalue weighted by atomic mass is 32.2. The Bertz CT molecular complexity index is 1080. The van der Waals surface area contributed by atoms with Crippen LogP contribution in [0.2, 0.25) is 0 Å². The van der Waals surface area contributed by atoms with E-state index in [4.69, 9.17) is 0 Å². The average molecular weight is 420 g/mol. The van der Waals surface area contributed by atoms with Crippen molar-refractivity contribution in [1.82, 2.24) is 0 Å². The number of nitrogens with zero attached hydrogens (tertiary/aromatic N) is 1. The minimum absolute atomic E-state index is 0.0310. The lowest BCUT2D eigenvalue weighted by Crippen LogP contribution is -2.46. The molecule has 0 bridgehead atoms. The van der Waals surface area contributed by atoms with E-state index in [1.807, 2.05) is 78.9 Å². The molecule has 0 amide bonds. The van der Waals surface area contributed by atoms with E-state index in [1.54, 1.807) is 12.1 Å². The summed E-state index contributed by atoms with van der Waals surface area (Å²) in [5.74, 6) is -0.424. The molecule has 1 aliphatic heterocycles. The zero-order valence-electron chi connectivity index (χ0n) is 16.7. The Labute approximate surface area is 178 Å². The van der Waals surface area contributed by atoms with Gasteiger partial charge in [0.2, 0.25) is 10.0 Å². The van der Waals surface area contributed by atoms with Crippen LogP contribution in [0.4, 0.5) is 5.69 Å². The molecule has 154 valence electrons. The number of anilines is 1. The van der Waals surface area contributed by atoms with E-state index in [0.29, 0.717) is 24.2 Å². The molecule has 0 spiro atoms. The van der Waals surface area contributed by atoms with Gasteiger partial charge < -0.3 is 0 Å². The van der Waals surface area contributed by atoms with Gasteiger partial charge in [0.1, 0.15) is 0 Å². The van der Waals surface area contributed by atoms with Gasteiger partial charge in [0, 0.05) is 24.4 Å². The molecular formula is C25H25NO3S. The van der Waals surface area contributed by atoms with Gasteiger partial charge in [-0.2, -0.15) is 0 Å². The van der Waals surface area contributed by atoms with Crippen molar-refractivity contribution in [1.29, 1.82) is 0 Å². The van der Waals surface area contributed by atoms with Crippen molar-refractivity contribution in [2.75, 3.05) is 10.8 Å². The summed E-state index contributed by atoms with van der Waals surface area (Å²) < 4.78 is 28.8. The summed E-state index contributed by atoms with van der Waals surface area (Å²) in [5, 5.41) is -0.637. The topological polar surface area (TPSA) is 54.5 Å². The Morgan fingerprint density at radius 2 is 1.43 bits per heavy atom. The van der Waals surface area contributed by atoms with E-state index in [1.165, 1.54) is 4.31 Å². The summed E-state index contributed by atoms with van der Waals surface area (Å²) in [7, 11) is -3.61. The number of hydrogen-bond donors (Lipinski definition) is 0. The molecule has 3 aromatic rings. The lowest BCUT2D eigenvalue weighted by atomic mass is 9.87. The highest BCUT2D eigenvalue weighted by Crippen LogP contribution is 2.38. The molecule has 30 heavy (non-hydrogen) atoms. The molecular weight excluding hydrogens is 394 g/mol. The summed E-state index contributed by atoms with van der Waals surface area (Å²) in [6.45, 7) is 0.469. The first-order valence-electron chi connectivity index (χ1n) is 10.3. The minimum atomic E-state index is -3.61. The van der Waals surface area contributed by atoms with Crippen LogP contribution in [0.5, 0.6) is 0 Å². The van der Waals surface area contributed by atoms with Crippen molar-refractivity contribution in [3.05, 3.63) is 102 Å². The number of benzene rings is 3. The first kappa shape index (κ1) is 20.4. The molecule has 0 radical (unpaired) electrons. The number of sulfonamides is 1. The molecule has 0 unspecified atom stereocenters. The summed E-state index contributed by atoms with van der Waals surface area (Å²) >= 11 is 0. The molecule has 0 saturated carbocycles. The lowest BCUT2D eigenvalue weighted by Gasteiger charge is -2.37. The molecule has 1 heterocycles. The highest BCUT2D eigenvalue weighted by Gasteiger charge is 2.42. The van der Waals surface area contributed by atoms with Crippen LogP contribution < -0.4 is 4.31 Å². The van der Waals surface area contributed by atoms with Crippen molar-refractivity contribution in [2.24, 2.45) is 0 Å². The van der Waals surface area contributed by atoms with Gasteiger partial charge in [0.25, 0.3) is 0 Å². The van der Waals surface area contributed by atoms with Crippen molar-refractivity contribution in [2.45, 2.75) is 30.4 Å². The van der Waals surface area contributed by atoms with E-state index < -0.39 is 21.2 Å². The van der Waals surface area contributed by atoms with Gasteiger partial charge in [0.15, 0.2) is 5.78 Å². The molecule has 0 aliphatic carbocycles. The molecule has 5 heteroatoms. The number of carbonyl (C=O) groups excluding carboxylic acids is 1. The maximum Gasteiger partial charge on any atom is 0.238 e. The fraction of sp³-hybridized carbons (Fsp3) is 0.240. The Morgan fingerprint density at radius 1 is 0.867 bits per heavy atom. The van der Waals surface area contributed by atoms with E-state index >= 15 is 0 Å². The largest absolute Gasteiger partial charge is 0.294 e. The van der Waals surface area contributed by atoms with Crippen LogP contribution in [0.25, 0.3) is 0 Å². The SMILES string of the molecule is O=C(C[C@H](c1ccccc1)[C@@H]1CCCN(c2ccccc2)S1(=O)=O)c1ccccc1. The van der Waals surface area contributed by atoms with Gasteiger partial charge >= 0.3 is 0 Å². The van der Waals surface area contributed by atoms with Crippen LogP contribution in [-0.2, 0) is 10.0 Å². The van der Waals surface area contributed by atoms with Crippen LogP contribution in [0.1, 0.15) is 41.1 Å². The Balaban J connectivity index is 1.70. The van der Waals surface area contributed by atoms with Crippen LogP contribution in [0.15, 0.2) is 91.0 Å². The molecule has 1 fully saturated rings. The van der Waals surface area contributed by atoms with Gasteiger partial charge in [-0.15, -0.1) is 0 Å². The first-order valence-corrected chi connectivity index (χ1v) is 11.8. The van der Waals surface area contributed by atoms with Gasteiger partial charge in [-0.05, 0) is 30.5 Å². The second-order valence-corrected chi connectivity index (χ2v) is 9.72. The number of hydrogen-bond acceptors (Lipinski definition) is 3. The third-order valence-electron chi connectivity index (χ3n) is 5.76. The number of Topliss-reactive ketones (excluding diaryl/α,β-unsaturated/α-hetero) is 1. The maximum absolute atomic E-state index is 13.7. The second-order valence-electron chi connectivity index (χ2n) is 7.64. The number of carbonyl (C=O) groups is 1. The van der Waals surface area contributed by atoms with Crippen LogP contribution in [-0.4, -0.2) is 26.0 Å². The van der Waals surface area contributed by atoms with Crippen LogP contribution in [0.3, 0.4) is 0 Å². The molecule has 0 aromatic heterocycles. The smallest absolute Gasteiger partial charge is 0.238 e. The minimum Gasteiger partial charge on any atom is -0.294 e. The number of ketones is 1. The molecule has 1 saturated heterocycles. The first-order chi connectivity index (χ1) is 14.6. The summed E-state index contributed by atoms with van der Waals surface area (Å²) in [6.07, 6.45) is 1.48. The number of rotatable bonds is 6. The van der Waals surface area contributed by atoms with E-state index in [2.05, 4.69) is 0 Å². The summed E-state index contributed by atoms with van der Waals surface area (Å²) in [6, 6.07) is 27.9. The van der Waals surface area contributed by atoms with E-state index in [0.717, 1.165) is 12.0 Å². The predicted molar refractivity (Wildman–Crippen MR) is 120 cm³/mol. The van der Waals surface area contributed by atoms with Crippen LogP contribution in [0, 0.1) is 0 Å². The lowest BCUT2D eigenvalue weighted by molar-refractivity contribution is 0.0972.